The van der Waals surface area contributed by atoms with Crippen molar-refractivity contribution in [3.8, 4) is 0 Å². The molecule has 9 heteroatoms. The first kappa shape index (κ1) is 16.1. The van der Waals surface area contributed by atoms with E-state index in [0.717, 1.165) is 0 Å². The summed E-state index contributed by atoms with van der Waals surface area (Å²) in [5.41, 5.74) is -3.52. The molecule has 0 radical (unpaired) electrons. The summed E-state index contributed by atoms with van der Waals surface area (Å²) < 4.78 is 67.3. The number of nitrogens with zero attached hydrogens (tertiary/aromatic N) is 1. The highest BCUT2D eigenvalue weighted by Gasteiger charge is 2.38. The predicted octanol–water partition coefficient (Wildman–Crippen LogP) is 3.82. The second-order valence-electron chi connectivity index (χ2n) is 3.28. The Morgan fingerprint density at radius 1 is 1.47 bits per heavy atom. The van der Waals surface area contributed by atoms with Crippen molar-refractivity contribution >= 4 is 28.6 Å². The molecule has 0 unspecified atom stereocenters. The zero-order valence-electron chi connectivity index (χ0n) is 9.39. The first-order chi connectivity index (χ1) is 8.68. The van der Waals surface area contributed by atoms with Crippen molar-refractivity contribution in [2.75, 3.05) is 6.61 Å². The lowest BCUT2D eigenvalue weighted by atomic mass is 10.1. The molecule has 0 aliphatic rings. The quantitative estimate of drug-likeness (QED) is 0.338. The van der Waals surface area contributed by atoms with Crippen LogP contribution in [0.25, 0.3) is 0 Å². The van der Waals surface area contributed by atoms with Gasteiger partial charge in [-0.15, -0.1) is 0 Å². The van der Waals surface area contributed by atoms with Crippen molar-refractivity contribution in [1.29, 1.82) is 0 Å². The minimum atomic E-state index is -5.02. The van der Waals surface area contributed by atoms with Gasteiger partial charge < -0.3 is 4.74 Å². The van der Waals surface area contributed by atoms with Gasteiger partial charge in [0.1, 0.15) is 9.39 Å². The molecule has 0 saturated carbocycles. The maximum atomic E-state index is 12.6. The van der Waals surface area contributed by atoms with Crippen molar-refractivity contribution in [3.63, 3.8) is 0 Å². The minimum Gasteiger partial charge on any atom is -0.462 e. The first-order valence-electron chi connectivity index (χ1n) is 4.91. The molecule has 0 amide bonds. The fourth-order valence-electron chi connectivity index (χ4n) is 1.25. The van der Waals surface area contributed by atoms with E-state index in [1.807, 2.05) is 0 Å². The number of esters is 1. The number of rotatable bonds is 3. The Morgan fingerprint density at radius 2 is 2.05 bits per heavy atom. The van der Waals surface area contributed by atoms with Crippen LogP contribution in [0.3, 0.4) is 0 Å². The van der Waals surface area contributed by atoms with Crippen LogP contribution in [0.15, 0.2) is 6.07 Å². The van der Waals surface area contributed by atoms with Crippen molar-refractivity contribution in [3.05, 3.63) is 26.6 Å². The zero-order chi connectivity index (χ0) is 14.8. The van der Waals surface area contributed by atoms with E-state index in [0.29, 0.717) is 6.07 Å². The second-order valence-corrected chi connectivity index (χ2v) is 4.30. The third-order valence-corrected chi connectivity index (χ3v) is 2.84. The van der Waals surface area contributed by atoms with Crippen LogP contribution in [0.5, 0.6) is 0 Å². The van der Waals surface area contributed by atoms with Crippen molar-refractivity contribution in [1.82, 2.24) is 4.98 Å². The molecule has 0 aliphatic heterocycles. The summed E-state index contributed by atoms with van der Waals surface area (Å²) in [6.07, 6.45) is -8.41. The lowest BCUT2D eigenvalue weighted by Crippen LogP contribution is -2.16. The van der Waals surface area contributed by atoms with Gasteiger partial charge >= 0.3 is 12.1 Å². The van der Waals surface area contributed by atoms with Crippen LogP contribution in [-0.4, -0.2) is 17.6 Å². The third-order valence-electron chi connectivity index (χ3n) is 2.01. The molecule has 0 fully saturated rings. The Hall–Kier alpha value is -1.00. The Balaban J connectivity index is 3.43. The van der Waals surface area contributed by atoms with Crippen LogP contribution in [0.4, 0.5) is 22.0 Å². The molecule has 0 spiro atoms. The molecule has 0 aliphatic carbocycles. The topological polar surface area (TPSA) is 39.2 Å². The average Bonchev–Trinajstić information content (AvgIpc) is 2.26. The van der Waals surface area contributed by atoms with E-state index >= 15 is 0 Å². The van der Waals surface area contributed by atoms with E-state index < -0.39 is 35.4 Å². The average molecular weight is 395 g/mol. The maximum Gasteiger partial charge on any atom is 0.418 e. The van der Waals surface area contributed by atoms with Crippen molar-refractivity contribution in [2.24, 2.45) is 0 Å². The third kappa shape index (κ3) is 3.74. The first-order valence-corrected chi connectivity index (χ1v) is 5.99. The summed E-state index contributed by atoms with van der Waals surface area (Å²) >= 11 is 1.41. The molecular weight excluding hydrogens is 388 g/mol. The Bertz CT molecular complexity index is 490. The number of carbonyl (C=O) groups is 1. The Labute approximate surface area is 118 Å². The van der Waals surface area contributed by atoms with Crippen LogP contribution in [0.1, 0.15) is 35.0 Å². The van der Waals surface area contributed by atoms with Gasteiger partial charge in [0.15, 0.2) is 0 Å². The van der Waals surface area contributed by atoms with Crippen molar-refractivity contribution < 1.29 is 31.5 Å². The fourth-order valence-corrected chi connectivity index (χ4v) is 1.89. The summed E-state index contributed by atoms with van der Waals surface area (Å²) in [4.78, 5) is 14.6. The van der Waals surface area contributed by atoms with Gasteiger partial charge in [-0.05, 0) is 35.6 Å². The number of hydrogen-bond donors (Lipinski definition) is 0. The number of halogens is 6. The van der Waals surface area contributed by atoms with Gasteiger partial charge in [0.05, 0.1) is 17.7 Å². The normalized spacial score (nSPS) is 11.8. The number of alkyl halides is 5. The van der Waals surface area contributed by atoms with Gasteiger partial charge in [-0.1, -0.05) is 0 Å². The van der Waals surface area contributed by atoms with Gasteiger partial charge in [0.2, 0.25) is 0 Å². The van der Waals surface area contributed by atoms with E-state index in [9.17, 15) is 26.7 Å². The highest BCUT2D eigenvalue weighted by atomic mass is 127. The lowest BCUT2D eigenvalue weighted by Gasteiger charge is -2.14. The number of pyridine rings is 1. The maximum absolute atomic E-state index is 12.6. The van der Waals surface area contributed by atoms with Gasteiger partial charge in [0, 0.05) is 0 Å². The number of ether oxygens (including phenoxy) is 1. The van der Waals surface area contributed by atoms with Gasteiger partial charge in [-0.3, -0.25) is 0 Å². The molecule has 1 aromatic rings. The van der Waals surface area contributed by atoms with E-state index in [-0.39, 0.29) is 10.3 Å². The molecular formula is C10H7F5INO2. The minimum absolute atomic E-state index is 0.0487. The van der Waals surface area contributed by atoms with Gasteiger partial charge in [-0.25, -0.2) is 18.6 Å². The molecule has 106 valence electrons. The van der Waals surface area contributed by atoms with Gasteiger partial charge in [0.25, 0.3) is 6.43 Å². The van der Waals surface area contributed by atoms with Crippen LogP contribution < -0.4 is 0 Å². The van der Waals surface area contributed by atoms with E-state index in [1.165, 1.54) is 29.5 Å². The summed E-state index contributed by atoms with van der Waals surface area (Å²) in [5, 5.41) is 0. The molecule has 1 rings (SSSR count). The van der Waals surface area contributed by atoms with E-state index in [4.69, 9.17) is 0 Å². The van der Waals surface area contributed by atoms with Crippen molar-refractivity contribution in [2.45, 2.75) is 19.5 Å². The number of hydrogen-bond acceptors (Lipinski definition) is 3. The zero-order valence-corrected chi connectivity index (χ0v) is 11.6. The Kier molecular flexibility index (Phi) is 5.04. The van der Waals surface area contributed by atoms with Crippen LogP contribution in [0, 0.1) is 3.70 Å². The molecule has 1 aromatic heterocycles. The predicted molar refractivity (Wildman–Crippen MR) is 62.9 cm³/mol. The lowest BCUT2D eigenvalue weighted by molar-refractivity contribution is -0.140. The molecule has 0 aromatic carbocycles. The van der Waals surface area contributed by atoms with Crippen LogP contribution in [-0.2, 0) is 10.9 Å². The monoisotopic (exact) mass is 395 g/mol. The summed E-state index contributed by atoms with van der Waals surface area (Å²) in [6.45, 7) is 1.42. The van der Waals surface area contributed by atoms with Crippen LogP contribution >= 0.6 is 22.6 Å². The standard InChI is InChI=1S/C10H7F5INO2/c1-2-19-9(18)4-3-5(10(13,14)15)6(7(11)12)17-8(4)16/h3,7H,2H2,1H3. The van der Waals surface area contributed by atoms with Gasteiger partial charge in [-0.2, -0.15) is 13.2 Å². The highest BCUT2D eigenvalue weighted by molar-refractivity contribution is 14.1. The SMILES string of the molecule is CCOC(=O)c1cc(C(F)(F)F)c(C(F)F)nc1I. The van der Waals surface area contributed by atoms with Crippen LogP contribution in [0.2, 0.25) is 0 Å². The molecule has 0 N–H and O–H groups in total. The molecule has 3 nitrogen and oxygen atoms in total. The molecule has 0 atom stereocenters. The van der Waals surface area contributed by atoms with E-state index in [2.05, 4.69) is 9.72 Å². The number of aromatic nitrogens is 1. The molecule has 1 heterocycles. The van der Waals surface area contributed by atoms with E-state index in [1.54, 1.807) is 0 Å². The Morgan fingerprint density at radius 3 is 2.47 bits per heavy atom. The highest BCUT2D eigenvalue weighted by Crippen LogP contribution is 2.36. The largest absolute Gasteiger partial charge is 0.462 e. The summed E-state index contributed by atoms with van der Waals surface area (Å²) in [5.74, 6) is -1.04. The summed E-state index contributed by atoms with van der Waals surface area (Å²) in [6, 6.07) is 0.342. The molecule has 0 saturated heterocycles. The molecule has 19 heavy (non-hydrogen) atoms. The second kappa shape index (κ2) is 5.97. The smallest absolute Gasteiger partial charge is 0.418 e. The summed E-state index contributed by atoms with van der Waals surface area (Å²) in [7, 11) is 0. The molecule has 0 bridgehead atoms. The number of carbonyl (C=O) groups excluding carboxylic acids is 1. The fraction of sp³-hybridized carbons (Fsp3) is 0.400.